The van der Waals surface area contributed by atoms with Gasteiger partial charge in [-0.05, 0) is 0 Å². The second-order valence-electron chi connectivity index (χ2n) is 1.07. The van der Waals surface area contributed by atoms with Crippen LogP contribution in [-0.2, 0) is 25.3 Å². The molecular formula is C4H8N2S4Te. The zero-order valence-electron chi connectivity index (χ0n) is 6.04. The summed E-state index contributed by atoms with van der Waals surface area (Å²) in [6.45, 7) is 0. The molecule has 0 bridgehead atoms. The summed E-state index contributed by atoms with van der Waals surface area (Å²) < 4.78 is 0.843. The average molecular weight is 340 g/mol. The van der Waals surface area contributed by atoms with Crippen molar-refractivity contribution < 1.29 is 0 Å². The van der Waals surface area contributed by atoms with Gasteiger partial charge < -0.3 is 60.3 Å². The van der Waals surface area contributed by atoms with Crippen LogP contribution in [0.1, 0.15) is 0 Å². The smallest absolute Gasteiger partial charge is 0.412 e. The number of hydrogen-bond donors (Lipinski definition) is 2. The summed E-state index contributed by atoms with van der Waals surface area (Å²) in [5.74, 6) is 0. The maximum Gasteiger partial charge on any atom is 2.00 e. The molecule has 0 rings (SSSR count). The van der Waals surface area contributed by atoms with Crippen molar-refractivity contribution in [2.24, 2.45) is 0 Å². The summed E-state index contributed by atoms with van der Waals surface area (Å²) >= 11 is 17.6. The Bertz CT molecular complexity index is 105. The monoisotopic (exact) mass is 342 g/mol. The molecule has 0 amide bonds. The summed E-state index contributed by atoms with van der Waals surface area (Å²) in [6.07, 6.45) is 0. The summed E-state index contributed by atoms with van der Waals surface area (Å²) in [6, 6.07) is 0. The molecule has 0 saturated heterocycles. The average Bonchev–Trinajstić information content (AvgIpc) is 1.89. The van der Waals surface area contributed by atoms with Gasteiger partial charge in [0.25, 0.3) is 0 Å². The third-order valence-corrected chi connectivity index (χ3v) is 1.22. The topological polar surface area (TPSA) is 24.1 Å². The van der Waals surface area contributed by atoms with Crippen molar-refractivity contribution in [3.63, 3.8) is 0 Å². The van der Waals surface area contributed by atoms with Crippen molar-refractivity contribution in [3.8, 4) is 0 Å². The Hall–Kier alpha value is 1.01. The van der Waals surface area contributed by atoms with E-state index in [1.54, 1.807) is 14.1 Å². The van der Waals surface area contributed by atoms with Gasteiger partial charge in [-0.1, -0.05) is 8.64 Å². The fourth-order valence-electron chi connectivity index (χ4n) is 0. The summed E-state index contributed by atoms with van der Waals surface area (Å²) in [4.78, 5) is 0. The number of hydrogen-bond acceptors (Lipinski definition) is 4. The molecule has 0 aliphatic heterocycles. The zero-order chi connectivity index (χ0) is 8.57. The van der Waals surface area contributed by atoms with Crippen molar-refractivity contribution in [3.05, 3.63) is 0 Å². The van der Waals surface area contributed by atoms with Crippen molar-refractivity contribution in [1.82, 2.24) is 10.6 Å². The van der Waals surface area contributed by atoms with Gasteiger partial charge in [-0.2, -0.15) is 0 Å². The van der Waals surface area contributed by atoms with E-state index in [0.717, 1.165) is 0 Å². The third-order valence-electron chi connectivity index (χ3n) is 0.408. The first-order chi connectivity index (χ1) is 4.54. The van der Waals surface area contributed by atoms with Crippen LogP contribution in [0.25, 0.3) is 0 Å². The van der Waals surface area contributed by atoms with E-state index in [4.69, 9.17) is 0 Å². The Kier molecular flexibility index (Phi) is 22.2. The van der Waals surface area contributed by atoms with Gasteiger partial charge in [0.1, 0.15) is 0 Å². The van der Waals surface area contributed by atoms with Crippen molar-refractivity contribution in [2.75, 3.05) is 14.1 Å². The Morgan fingerprint density at radius 1 is 1.00 bits per heavy atom. The Morgan fingerprint density at radius 2 is 1.09 bits per heavy atom. The Balaban J connectivity index is -0.000000107. The SMILES string of the molecule is CNC(=S)[S-].CNC(=S)[S-].[Te+2]. The predicted octanol–water partition coefficient (Wildman–Crippen LogP) is -0.306. The van der Waals surface area contributed by atoms with Gasteiger partial charge in [-0.3, -0.25) is 0 Å². The molecule has 0 saturated carbocycles. The first-order valence-corrected chi connectivity index (χ1v) is 3.95. The van der Waals surface area contributed by atoms with Crippen molar-refractivity contribution >= 4 is 82.0 Å². The number of rotatable bonds is 0. The molecule has 0 spiro atoms. The zero-order valence-corrected chi connectivity index (χ0v) is 11.6. The largest absolute Gasteiger partial charge is 2.00 e. The number of thiocarbonyl (C=S) groups is 2. The van der Waals surface area contributed by atoms with Gasteiger partial charge in [0.15, 0.2) is 0 Å². The molecule has 0 heterocycles. The molecule has 0 aromatic rings. The van der Waals surface area contributed by atoms with Gasteiger partial charge in [0.05, 0.1) is 0 Å². The van der Waals surface area contributed by atoms with Crippen LogP contribution in [0.5, 0.6) is 0 Å². The van der Waals surface area contributed by atoms with Crippen LogP contribution in [0.2, 0.25) is 0 Å². The molecule has 4 radical (unpaired) electrons. The molecule has 7 heteroatoms. The first-order valence-electron chi connectivity index (χ1n) is 2.32. The van der Waals surface area contributed by atoms with Gasteiger partial charge in [0.2, 0.25) is 0 Å². The van der Waals surface area contributed by atoms with E-state index in [-0.39, 0.29) is 23.7 Å². The normalized spacial score (nSPS) is 6.00. The first kappa shape index (κ1) is 17.9. The van der Waals surface area contributed by atoms with Gasteiger partial charge >= 0.3 is 23.7 Å². The van der Waals surface area contributed by atoms with E-state index < -0.39 is 0 Å². The standard InChI is InChI=1S/2C2H5NS2.Te/c2*1-3-2(4)5;/h2*1H3,(H2,3,4,5);/q;;+2/p-2. The van der Waals surface area contributed by atoms with Crippen molar-refractivity contribution in [2.45, 2.75) is 0 Å². The van der Waals surface area contributed by atoms with E-state index in [1.165, 1.54) is 0 Å². The van der Waals surface area contributed by atoms with E-state index in [2.05, 4.69) is 60.3 Å². The molecule has 0 aliphatic rings. The van der Waals surface area contributed by atoms with Crippen LogP contribution in [0.15, 0.2) is 0 Å². The van der Waals surface area contributed by atoms with Crippen LogP contribution in [0.3, 0.4) is 0 Å². The molecule has 0 atom stereocenters. The molecule has 64 valence electrons. The van der Waals surface area contributed by atoms with Crippen LogP contribution < -0.4 is 10.6 Å². The molecule has 0 aliphatic carbocycles. The van der Waals surface area contributed by atoms with Gasteiger partial charge in [-0.25, -0.2) is 0 Å². The molecule has 2 nitrogen and oxygen atoms in total. The second kappa shape index (κ2) is 13.6. The quantitative estimate of drug-likeness (QED) is 0.357. The molecule has 0 aromatic heterocycles. The fraction of sp³-hybridized carbons (Fsp3) is 0.500. The maximum absolute atomic E-state index is 4.40. The predicted molar refractivity (Wildman–Crippen MR) is 63.8 cm³/mol. The molecular weight excluding hydrogens is 332 g/mol. The summed E-state index contributed by atoms with van der Waals surface area (Å²) in [5, 5.41) is 5.15. The second-order valence-corrected chi connectivity index (χ2v) is 3.22. The Morgan fingerprint density at radius 3 is 1.09 bits per heavy atom. The molecule has 0 fully saturated rings. The van der Waals surface area contributed by atoms with Crippen LogP contribution in [0.4, 0.5) is 0 Å². The fourth-order valence-corrected chi connectivity index (χ4v) is 0. The van der Waals surface area contributed by atoms with E-state index in [1.807, 2.05) is 0 Å². The van der Waals surface area contributed by atoms with Crippen LogP contribution >= 0.6 is 24.4 Å². The van der Waals surface area contributed by atoms with E-state index in [0.29, 0.717) is 8.64 Å². The van der Waals surface area contributed by atoms with Crippen LogP contribution in [-0.4, -0.2) is 46.4 Å². The third kappa shape index (κ3) is 35.6. The molecule has 0 aromatic carbocycles. The Labute approximate surface area is 106 Å². The van der Waals surface area contributed by atoms with E-state index in [9.17, 15) is 0 Å². The van der Waals surface area contributed by atoms with Crippen LogP contribution in [0, 0.1) is 0 Å². The minimum atomic E-state index is 0. The number of nitrogens with one attached hydrogen (secondary N) is 2. The summed E-state index contributed by atoms with van der Waals surface area (Å²) in [7, 11) is 3.41. The molecule has 11 heavy (non-hydrogen) atoms. The van der Waals surface area contributed by atoms with E-state index >= 15 is 0 Å². The minimum Gasteiger partial charge on any atom is -0.412 e. The molecule has 2 N–H and O–H groups in total. The maximum atomic E-state index is 4.40. The summed E-state index contributed by atoms with van der Waals surface area (Å²) in [5.41, 5.74) is 0. The van der Waals surface area contributed by atoms with Gasteiger partial charge in [-0.15, -0.1) is 0 Å². The molecule has 0 unspecified atom stereocenters. The van der Waals surface area contributed by atoms with Crippen molar-refractivity contribution in [1.29, 1.82) is 0 Å². The van der Waals surface area contributed by atoms with Gasteiger partial charge in [0, 0.05) is 14.1 Å². The minimum absolute atomic E-state index is 0.